The highest BCUT2D eigenvalue weighted by atomic mass is 31.2. The molecule has 2 unspecified atom stereocenters. The first-order valence-electron chi connectivity index (χ1n) is 6.60. The van der Waals surface area contributed by atoms with Gasteiger partial charge < -0.3 is 29.5 Å². The van der Waals surface area contributed by atoms with Gasteiger partial charge in [0.15, 0.2) is 0 Å². The number of hydrogen-bond acceptors (Lipinski definition) is 7. The Morgan fingerprint density at radius 2 is 2.05 bits per heavy atom. The minimum atomic E-state index is -4.36. The standard InChI is InChI=1S/C13H20NO7P/c1-3-21-22(19,20)12(9-6-4-5-7-10(9)16)14-11(8(2)15)13(17)18/h4-8,11-12,14-16H,3H2,1-2H3,(H,17,18)(H,19,20)/p-1/t8-,11+,12?/m1/s1. The summed E-state index contributed by atoms with van der Waals surface area (Å²) in [6.07, 6.45) is -1.39. The molecule has 0 aliphatic rings. The summed E-state index contributed by atoms with van der Waals surface area (Å²) in [4.78, 5) is 21.1. The van der Waals surface area contributed by atoms with Crippen molar-refractivity contribution in [2.45, 2.75) is 31.8 Å². The normalized spacial score (nSPS) is 18.2. The van der Waals surface area contributed by atoms with Crippen molar-refractivity contribution in [2.75, 3.05) is 6.61 Å². The van der Waals surface area contributed by atoms with Gasteiger partial charge in [-0.3, -0.25) is 9.88 Å². The van der Waals surface area contributed by atoms with E-state index in [9.17, 15) is 29.6 Å². The molecule has 0 saturated heterocycles. The van der Waals surface area contributed by atoms with Gasteiger partial charge in [0.25, 0.3) is 0 Å². The predicted octanol–water partition coefficient (Wildman–Crippen LogP) is -0.298. The number of aliphatic carboxylic acids is 1. The molecular formula is C13H19NO7P-. The highest BCUT2D eigenvalue weighted by Crippen LogP contribution is 2.56. The zero-order chi connectivity index (χ0) is 16.9. The van der Waals surface area contributed by atoms with Crippen molar-refractivity contribution < 1.29 is 34.1 Å². The molecule has 0 radical (unpaired) electrons. The fourth-order valence-corrected chi connectivity index (χ4v) is 3.35. The number of benzene rings is 1. The van der Waals surface area contributed by atoms with Gasteiger partial charge in [0.05, 0.1) is 24.7 Å². The molecule has 0 aliphatic carbocycles. The molecule has 1 aromatic rings. The topological polar surface area (TPSA) is 139 Å². The molecule has 4 N–H and O–H groups in total. The van der Waals surface area contributed by atoms with Crippen LogP contribution in [0.2, 0.25) is 0 Å². The average Bonchev–Trinajstić information content (AvgIpc) is 2.39. The smallest absolute Gasteiger partial charge is 0.349 e. The maximum atomic E-state index is 12.3. The molecule has 0 aromatic heterocycles. The fourth-order valence-electron chi connectivity index (χ4n) is 1.91. The first-order valence-corrected chi connectivity index (χ1v) is 8.25. The molecule has 0 aliphatic heterocycles. The molecule has 4 atom stereocenters. The summed E-state index contributed by atoms with van der Waals surface area (Å²) in [5.74, 6) is -3.49. The van der Waals surface area contributed by atoms with Gasteiger partial charge in [0.2, 0.25) is 0 Å². The largest absolute Gasteiger partial charge is 0.548 e. The number of hydrogen-bond donors (Lipinski definition) is 4. The van der Waals surface area contributed by atoms with Gasteiger partial charge in [0.1, 0.15) is 11.5 Å². The van der Waals surface area contributed by atoms with Crippen LogP contribution < -0.4 is 10.4 Å². The van der Waals surface area contributed by atoms with Gasteiger partial charge in [-0.25, -0.2) is 0 Å². The molecule has 0 amide bonds. The van der Waals surface area contributed by atoms with Crippen molar-refractivity contribution in [3.05, 3.63) is 29.8 Å². The Balaban J connectivity index is 3.26. The third-order valence-corrected chi connectivity index (χ3v) is 4.65. The van der Waals surface area contributed by atoms with Crippen LogP contribution in [0.25, 0.3) is 0 Å². The fraction of sp³-hybridized carbons (Fsp3) is 0.462. The minimum absolute atomic E-state index is 0.0197. The van der Waals surface area contributed by atoms with Crippen LogP contribution in [0.1, 0.15) is 25.2 Å². The Morgan fingerprint density at radius 1 is 1.45 bits per heavy atom. The third-order valence-electron chi connectivity index (χ3n) is 2.95. The van der Waals surface area contributed by atoms with E-state index in [0.717, 1.165) is 0 Å². The molecule has 0 spiro atoms. The van der Waals surface area contributed by atoms with Gasteiger partial charge >= 0.3 is 7.60 Å². The van der Waals surface area contributed by atoms with E-state index in [4.69, 9.17) is 4.52 Å². The number of carbonyl (C=O) groups excluding carboxylic acids is 1. The van der Waals surface area contributed by atoms with Crippen molar-refractivity contribution in [3.8, 4) is 5.75 Å². The highest BCUT2D eigenvalue weighted by Gasteiger charge is 2.38. The molecule has 0 heterocycles. The second-order valence-corrected chi connectivity index (χ2v) is 6.55. The molecule has 22 heavy (non-hydrogen) atoms. The number of carbonyl (C=O) groups is 1. The molecule has 0 saturated carbocycles. The molecule has 1 rings (SSSR count). The Morgan fingerprint density at radius 3 is 2.50 bits per heavy atom. The van der Waals surface area contributed by atoms with Crippen LogP contribution in [0, 0.1) is 0 Å². The second-order valence-electron chi connectivity index (χ2n) is 4.65. The number of aliphatic hydroxyl groups is 1. The van der Waals surface area contributed by atoms with Crippen molar-refractivity contribution in [1.82, 2.24) is 5.32 Å². The van der Waals surface area contributed by atoms with Gasteiger partial charge in [0, 0.05) is 5.56 Å². The van der Waals surface area contributed by atoms with Crippen molar-refractivity contribution in [2.24, 2.45) is 0 Å². The van der Waals surface area contributed by atoms with E-state index < -0.39 is 31.5 Å². The van der Waals surface area contributed by atoms with Gasteiger partial charge in [-0.1, -0.05) is 18.2 Å². The van der Waals surface area contributed by atoms with Crippen LogP contribution >= 0.6 is 7.60 Å². The highest BCUT2D eigenvalue weighted by molar-refractivity contribution is 7.53. The van der Waals surface area contributed by atoms with E-state index in [-0.39, 0.29) is 17.9 Å². The Bertz CT molecular complexity index is 563. The van der Waals surface area contributed by atoms with Crippen LogP contribution in [0.4, 0.5) is 0 Å². The lowest BCUT2D eigenvalue weighted by atomic mass is 10.1. The number of carboxylic acids is 1. The molecule has 0 fully saturated rings. The number of aromatic hydroxyl groups is 1. The minimum Gasteiger partial charge on any atom is -0.548 e. The number of aliphatic hydroxyl groups excluding tert-OH is 1. The second kappa shape index (κ2) is 7.71. The van der Waals surface area contributed by atoms with E-state index in [2.05, 4.69) is 5.32 Å². The molecule has 9 heteroatoms. The molecule has 1 aromatic carbocycles. The lowest BCUT2D eigenvalue weighted by Crippen LogP contribution is -2.52. The molecule has 0 bridgehead atoms. The number of para-hydroxylation sites is 1. The summed E-state index contributed by atoms with van der Waals surface area (Å²) in [6, 6.07) is 4.02. The average molecular weight is 332 g/mol. The van der Waals surface area contributed by atoms with E-state index in [1.165, 1.54) is 38.1 Å². The summed E-state index contributed by atoms with van der Waals surface area (Å²) in [5, 5.41) is 32.7. The molecule has 8 nitrogen and oxygen atoms in total. The summed E-state index contributed by atoms with van der Waals surface area (Å²) < 4.78 is 17.1. The van der Waals surface area contributed by atoms with E-state index in [1.54, 1.807) is 0 Å². The Labute approximate surface area is 127 Å². The maximum absolute atomic E-state index is 12.3. The maximum Gasteiger partial charge on any atom is 0.349 e. The monoisotopic (exact) mass is 332 g/mol. The zero-order valence-electron chi connectivity index (χ0n) is 12.2. The Kier molecular flexibility index (Phi) is 6.52. The van der Waals surface area contributed by atoms with Crippen LogP contribution in [-0.4, -0.2) is 39.8 Å². The van der Waals surface area contributed by atoms with Crippen molar-refractivity contribution in [3.63, 3.8) is 0 Å². The lowest BCUT2D eigenvalue weighted by Gasteiger charge is -2.30. The van der Waals surface area contributed by atoms with Crippen molar-refractivity contribution in [1.29, 1.82) is 0 Å². The number of phenolic OH excluding ortho intramolecular Hbond substituents is 1. The lowest BCUT2D eigenvalue weighted by molar-refractivity contribution is -0.310. The quantitative estimate of drug-likeness (QED) is 0.476. The number of rotatable bonds is 8. The van der Waals surface area contributed by atoms with Crippen LogP contribution in [0.3, 0.4) is 0 Å². The first-order chi connectivity index (χ1) is 10.2. The van der Waals surface area contributed by atoms with Crippen molar-refractivity contribution >= 4 is 13.6 Å². The number of nitrogens with one attached hydrogen (secondary N) is 1. The van der Waals surface area contributed by atoms with E-state index in [1.807, 2.05) is 0 Å². The van der Waals surface area contributed by atoms with E-state index >= 15 is 0 Å². The van der Waals surface area contributed by atoms with Crippen LogP contribution in [-0.2, 0) is 13.9 Å². The first kappa shape index (κ1) is 18.6. The van der Waals surface area contributed by atoms with Gasteiger partial charge in [-0.05, 0) is 19.9 Å². The van der Waals surface area contributed by atoms with Crippen LogP contribution in [0.5, 0.6) is 5.75 Å². The van der Waals surface area contributed by atoms with Gasteiger partial charge in [-0.15, -0.1) is 0 Å². The molecular weight excluding hydrogens is 313 g/mol. The van der Waals surface area contributed by atoms with E-state index in [0.29, 0.717) is 0 Å². The summed E-state index contributed by atoms with van der Waals surface area (Å²) in [5.41, 5.74) is -0.0197. The SMILES string of the molecule is CCOP(=O)(O)C(N[C@H](C(=O)[O-])[C@@H](C)O)c1ccccc1O. The molecule has 124 valence electrons. The summed E-state index contributed by atoms with van der Waals surface area (Å²) in [6.45, 7) is 2.60. The zero-order valence-corrected chi connectivity index (χ0v) is 13.1. The van der Waals surface area contributed by atoms with Gasteiger partial charge in [-0.2, -0.15) is 0 Å². The number of phenols is 1. The third kappa shape index (κ3) is 4.53. The summed E-state index contributed by atoms with van der Waals surface area (Å²) in [7, 11) is -4.36. The summed E-state index contributed by atoms with van der Waals surface area (Å²) >= 11 is 0. The van der Waals surface area contributed by atoms with Crippen LogP contribution in [0.15, 0.2) is 24.3 Å². The number of carboxylic acid groups (broad SMARTS) is 1. The predicted molar refractivity (Wildman–Crippen MR) is 75.9 cm³/mol. The Hall–Kier alpha value is -1.44.